The fourth-order valence-corrected chi connectivity index (χ4v) is 2.62. The Bertz CT molecular complexity index is 695. The van der Waals surface area contributed by atoms with Crippen LogP contribution in [0.5, 0.6) is 11.5 Å². The predicted molar refractivity (Wildman–Crippen MR) is 105 cm³/mol. The topological polar surface area (TPSA) is 47.6 Å². The first kappa shape index (κ1) is 19.8. The summed E-state index contributed by atoms with van der Waals surface area (Å²) in [5.41, 5.74) is 2.38. The summed E-state index contributed by atoms with van der Waals surface area (Å²) >= 11 is 0. The molecule has 1 amide bonds. The van der Waals surface area contributed by atoms with Crippen molar-refractivity contribution in [1.82, 2.24) is 5.32 Å². The highest BCUT2D eigenvalue weighted by molar-refractivity contribution is 5.80. The van der Waals surface area contributed by atoms with Crippen LogP contribution in [-0.4, -0.2) is 25.2 Å². The fraction of sp³-hybridized carbons (Fsp3) is 0.409. The zero-order valence-corrected chi connectivity index (χ0v) is 16.1. The molecule has 0 radical (unpaired) electrons. The molecule has 140 valence electrons. The normalized spacial score (nSPS) is 11.9. The number of hydrogen-bond donors (Lipinski definition) is 1. The Morgan fingerprint density at radius 3 is 2.38 bits per heavy atom. The van der Waals surface area contributed by atoms with Crippen LogP contribution in [0.4, 0.5) is 0 Å². The first-order valence-electron chi connectivity index (χ1n) is 9.26. The SMILES string of the molecule is CCc1ccc(OCCNC(=O)C(C)Oc2ccccc2C(C)C)cc1. The molecule has 26 heavy (non-hydrogen) atoms. The number of ether oxygens (including phenoxy) is 2. The van der Waals surface area contributed by atoms with Crippen molar-refractivity contribution in [3.8, 4) is 11.5 Å². The van der Waals surface area contributed by atoms with Gasteiger partial charge < -0.3 is 14.8 Å². The molecule has 0 aliphatic heterocycles. The molecule has 4 heteroatoms. The smallest absolute Gasteiger partial charge is 0.260 e. The van der Waals surface area contributed by atoms with Gasteiger partial charge in [-0.05, 0) is 48.6 Å². The first-order valence-corrected chi connectivity index (χ1v) is 9.26. The van der Waals surface area contributed by atoms with Crippen LogP contribution in [0.15, 0.2) is 48.5 Å². The van der Waals surface area contributed by atoms with Crippen LogP contribution >= 0.6 is 0 Å². The van der Waals surface area contributed by atoms with Crippen LogP contribution in [0.25, 0.3) is 0 Å². The third kappa shape index (κ3) is 5.80. The van der Waals surface area contributed by atoms with Crippen molar-refractivity contribution in [2.24, 2.45) is 0 Å². The number of aryl methyl sites for hydroxylation is 1. The van der Waals surface area contributed by atoms with E-state index >= 15 is 0 Å². The molecule has 2 aromatic carbocycles. The van der Waals surface area contributed by atoms with E-state index in [4.69, 9.17) is 9.47 Å². The molecule has 2 aromatic rings. The van der Waals surface area contributed by atoms with E-state index in [1.807, 2.05) is 36.4 Å². The van der Waals surface area contributed by atoms with Gasteiger partial charge in [-0.25, -0.2) is 0 Å². The lowest BCUT2D eigenvalue weighted by Gasteiger charge is -2.18. The number of nitrogens with one attached hydrogen (secondary N) is 1. The maximum atomic E-state index is 12.2. The van der Waals surface area contributed by atoms with Gasteiger partial charge in [0.25, 0.3) is 5.91 Å². The Kier molecular flexibility index (Phi) is 7.52. The van der Waals surface area contributed by atoms with E-state index in [1.54, 1.807) is 6.92 Å². The maximum absolute atomic E-state index is 12.2. The summed E-state index contributed by atoms with van der Waals surface area (Å²) in [4.78, 5) is 12.2. The van der Waals surface area contributed by atoms with E-state index in [-0.39, 0.29) is 5.91 Å². The van der Waals surface area contributed by atoms with Crippen LogP contribution in [0.2, 0.25) is 0 Å². The Labute approximate surface area is 156 Å². The number of benzene rings is 2. The second-order valence-electron chi connectivity index (χ2n) is 6.59. The summed E-state index contributed by atoms with van der Waals surface area (Å²) in [6.07, 6.45) is 0.451. The van der Waals surface area contributed by atoms with E-state index in [0.717, 1.165) is 23.5 Å². The molecule has 2 rings (SSSR count). The molecule has 0 aliphatic carbocycles. The molecule has 1 atom stereocenters. The van der Waals surface area contributed by atoms with Gasteiger partial charge in [0.2, 0.25) is 0 Å². The Morgan fingerprint density at radius 2 is 1.73 bits per heavy atom. The highest BCUT2D eigenvalue weighted by Gasteiger charge is 2.16. The highest BCUT2D eigenvalue weighted by atomic mass is 16.5. The molecular formula is C22H29NO3. The van der Waals surface area contributed by atoms with Crippen molar-refractivity contribution < 1.29 is 14.3 Å². The van der Waals surface area contributed by atoms with Crippen molar-refractivity contribution in [3.05, 3.63) is 59.7 Å². The van der Waals surface area contributed by atoms with E-state index in [2.05, 4.69) is 38.2 Å². The fourth-order valence-electron chi connectivity index (χ4n) is 2.62. The second kappa shape index (κ2) is 9.85. The second-order valence-corrected chi connectivity index (χ2v) is 6.59. The van der Waals surface area contributed by atoms with Gasteiger partial charge in [-0.1, -0.05) is 51.1 Å². The lowest BCUT2D eigenvalue weighted by Crippen LogP contribution is -2.38. The zero-order chi connectivity index (χ0) is 18.9. The summed E-state index contributed by atoms with van der Waals surface area (Å²) in [5, 5.41) is 2.86. The molecule has 0 heterocycles. The van der Waals surface area contributed by atoms with Crippen LogP contribution in [0, 0.1) is 0 Å². The number of amides is 1. The van der Waals surface area contributed by atoms with Gasteiger partial charge in [0.05, 0.1) is 6.54 Å². The van der Waals surface area contributed by atoms with Gasteiger partial charge in [-0.3, -0.25) is 4.79 Å². The molecule has 0 aromatic heterocycles. The van der Waals surface area contributed by atoms with Gasteiger partial charge in [0, 0.05) is 0 Å². The molecule has 0 bridgehead atoms. The van der Waals surface area contributed by atoms with Crippen molar-refractivity contribution >= 4 is 5.91 Å². The number of rotatable bonds is 9. The van der Waals surface area contributed by atoms with Gasteiger partial charge >= 0.3 is 0 Å². The van der Waals surface area contributed by atoms with Gasteiger partial charge in [0.1, 0.15) is 18.1 Å². The molecule has 0 saturated heterocycles. The summed E-state index contributed by atoms with van der Waals surface area (Å²) < 4.78 is 11.5. The van der Waals surface area contributed by atoms with E-state index in [9.17, 15) is 4.79 Å². The lowest BCUT2D eigenvalue weighted by molar-refractivity contribution is -0.127. The molecule has 0 spiro atoms. The number of hydrogen-bond acceptors (Lipinski definition) is 3. The maximum Gasteiger partial charge on any atom is 0.260 e. The average Bonchev–Trinajstić information content (AvgIpc) is 2.65. The van der Waals surface area contributed by atoms with Crippen molar-refractivity contribution in [3.63, 3.8) is 0 Å². The molecular weight excluding hydrogens is 326 g/mol. The average molecular weight is 355 g/mol. The summed E-state index contributed by atoms with van der Waals surface area (Å²) in [6.45, 7) is 8.96. The molecule has 1 N–H and O–H groups in total. The molecule has 0 saturated carbocycles. The van der Waals surface area contributed by atoms with Gasteiger partial charge in [0.15, 0.2) is 6.10 Å². The monoisotopic (exact) mass is 355 g/mol. The van der Waals surface area contributed by atoms with Crippen LogP contribution in [0.1, 0.15) is 44.7 Å². The van der Waals surface area contributed by atoms with E-state index < -0.39 is 6.10 Å². The third-order valence-corrected chi connectivity index (χ3v) is 4.22. The van der Waals surface area contributed by atoms with E-state index in [0.29, 0.717) is 19.1 Å². The van der Waals surface area contributed by atoms with Gasteiger partial charge in [-0.2, -0.15) is 0 Å². The highest BCUT2D eigenvalue weighted by Crippen LogP contribution is 2.26. The van der Waals surface area contributed by atoms with Crippen LogP contribution < -0.4 is 14.8 Å². The lowest BCUT2D eigenvalue weighted by atomic mass is 10.0. The standard InChI is InChI=1S/C22H29NO3/c1-5-18-10-12-19(13-11-18)25-15-14-23-22(24)17(4)26-21-9-7-6-8-20(21)16(2)3/h6-13,16-17H,5,14-15H2,1-4H3,(H,23,24). The van der Waals surface area contributed by atoms with Gasteiger partial charge in [-0.15, -0.1) is 0 Å². The minimum atomic E-state index is -0.557. The summed E-state index contributed by atoms with van der Waals surface area (Å²) in [5.74, 6) is 1.77. The molecule has 0 aliphatic rings. The minimum absolute atomic E-state index is 0.145. The van der Waals surface area contributed by atoms with Crippen molar-refractivity contribution in [2.75, 3.05) is 13.2 Å². The summed E-state index contributed by atoms with van der Waals surface area (Å²) in [6, 6.07) is 15.8. The number of carbonyl (C=O) groups is 1. The first-order chi connectivity index (χ1) is 12.5. The predicted octanol–water partition coefficient (Wildman–Crippen LogP) is 4.33. The third-order valence-electron chi connectivity index (χ3n) is 4.22. The minimum Gasteiger partial charge on any atom is -0.492 e. The zero-order valence-electron chi connectivity index (χ0n) is 16.1. The Hall–Kier alpha value is -2.49. The molecule has 1 unspecified atom stereocenters. The number of para-hydroxylation sites is 1. The van der Waals surface area contributed by atoms with Crippen molar-refractivity contribution in [1.29, 1.82) is 0 Å². The Morgan fingerprint density at radius 1 is 1.04 bits per heavy atom. The summed E-state index contributed by atoms with van der Waals surface area (Å²) in [7, 11) is 0. The largest absolute Gasteiger partial charge is 0.492 e. The Balaban J connectivity index is 1.76. The number of carbonyl (C=O) groups excluding carboxylic acids is 1. The molecule has 4 nitrogen and oxygen atoms in total. The van der Waals surface area contributed by atoms with Crippen molar-refractivity contribution in [2.45, 2.75) is 46.1 Å². The van der Waals surface area contributed by atoms with Crippen LogP contribution in [0.3, 0.4) is 0 Å². The van der Waals surface area contributed by atoms with E-state index in [1.165, 1.54) is 5.56 Å². The van der Waals surface area contributed by atoms with Crippen LogP contribution in [-0.2, 0) is 11.2 Å². The molecule has 0 fully saturated rings. The quantitative estimate of drug-likeness (QED) is 0.681.